The Bertz CT molecular complexity index is 908. The molecule has 3 rings (SSSR count). The van der Waals surface area contributed by atoms with Gasteiger partial charge in [-0.25, -0.2) is 4.79 Å². The Morgan fingerprint density at radius 3 is 2.44 bits per heavy atom. The maximum atomic E-state index is 12.0. The van der Waals surface area contributed by atoms with Crippen molar-refractivity contribution in [1.82, 2.24) is 20.1 Å². The minimum Gasteiger partial charge on any atom is -0.483 e. The smallest absolute Gasteiger partial charge is 0.407 e. The van der Waals surface area contributed by atoms with Crippen LogP contribution >= 0.6 is 0 Å². The number of ether oxygens (including phenoxy) is 2. The molecule has 0 spiro atoms. The number of alkyl carbamates (subject to hydrolysis) is 1. The number of hydrogen-bond donors (Lipinski definition) is 1. The Morgan fingerprint density at radius 1 is 1.12 bits per heavy atom. The molecule has 32 heavy (non-hydrogen) atoms. The van der Waals surface area contributed by atoms with Gasteiger partial charge in [-0.15, -0.1) is 10.2 Å². The van der Waals surface area contributed by atoms with Crippen molar-refractivity contribution < 1.29 is 14.3 Å². The first-order chi connectivity index (χ1) is 15.0. The molecule has 2 aromatic rings. The van der Waals surface area contributed by atoms with Crippen LogP contribution in [0.25, 0.3) is 0 Å². The lowest BCUT2D eigenvalue weighted by Gasteiger charge is -2.29. The number of amides is 1. The summed E-state index contributed by atoms with van der Waals surface area (Å²) < 4.78 is 13.6. The number of nitrogens with one attached hydrogen (secondary N) is 1. The summed E-state index contributed by atoms with van der Waals surface area (Å²) in [5.41, 5.74) is 0.774. The zero-order valence-corrected chi connectivity index (χ0v) is 20.5. The molecule has 0 saturated heterocycles. The predicted molar refractivity (Wildman–Crippen MR) is 125 cm³/mol. The summed E-state index contributed by atoms with van der Waals surface area (Å²) in [6.45, 7) is 12.0. The molecular formula is C25H38N4O3. The standard InChI is InChI=1S/C25H38N4O3/c1-16(2)19-9-8-10-21(15-19)31-17(3)22-27-28-23(29(22)7)18-11-13-20(14-12-18)26-24(30)32-25(4,5)6/h8-10,15-18,20H,11-14H2,1-7H3,(H,26,30)/t17-,18?,20?/m1/s1. The highest BCUT2D eigenvalue weighted by Gasteiger charge is 2.29. The van der Waals surface area contributed by atoms with Crippen molar-refractivity contribution in [1.29, 1.82) is 0 Å². The van der Waals surface area contributed by atoms with Crippen LogP contribution in [-0.4, -0.2) is 32.5 Å². The first-order valence-electron chi connectivity index (χ1n) is 11.7. The topological polar surface area (TPSA) is 78.3 Å². The van der Waals surface area contributed by atoms with E-state index in [-0.39, 0.29) is 18.2 Å². The molecule has 0 bridgehead atoms. The van der Waals surface area contributed by atoms with Gasteiger partial charge in [0.15, 0.2) is 11.9 Å². The van der Waals surface area contributed by atoms with Crippen LogP contribution in [0.4, 0.5) is 4.79 Å². The van der Waals surface area contributed by atoms with Gasteiger partial charge in [-0.2, -0.15) is 0 Å². The summed E-state index contributed by atoms with van der Waals surface area (Å²) in [7, 11) is 2.01. The molecule has 1 heterocycles. The fourth-order valence-electron chi connectivity index (χ4n) is 4.24. The van der Waals surface area contributed by atoms with Crippen molar-refractivity contribution in [2.24, 2.45) is 7.05 Å². The Kier molecular flexibility index (Phi) is 7.47. The first-order valence-corrected chi connectivity index (χ1v) is 11.7. The lowest BCUT2D eigenvalue weighted by atomic mass is 9.85. The minimum atomic E-state index is -0.481. The summed E-state index contributed by atoms with van der Waals surface area (Å²) in [6.07, 6.45) is 3.18. The van der Waals surface area contributed by atoms with E-state index >= 15 is 0 Å². The molecule has 1 aromatic heterocycles. The van der Waals surface area contributed by atoms with Crippen LogP contribution in [0.15, 0.2) is 24.3 Å². The van der Waals surface area contributed by atoms with E-state index in [1.165, 1.54) is 5.56 Å². The molecule has 0 unspecified atom stereocenters. The second-order valence-corrected chi connectivity index (χ2v) is 10.2. The van der Waals surface area contributed by atoms with Crippen molar-refractivity contribution in [2.45, 2.75) is 96.8 Å². The SMILES string of the molecule is CC(C)c1cccc(O[C@H](C)c2nnc(C3CCC(NC(=O)OC(C)(C)C)CC3)n2C)c1. The lowest BCUT2D eigenvalue weighted by Crippen LogP contribution is -2.40. The molecule has 1 atom stereocenters. The molecule has 0 radical (unpaired) electrons. The number of rotatable bonds is 6. The summed E-state index contributed by atoms with van der Waals surface area (Å²) in [5, 5.41) is 12.0. The largest absolute Gasteiger partial charge is 0.483 e. The highest BCUT2D eigenvalue weighted by atomic mass is 16.6. The molecule has 176 valence electrons. The Labute approximate surface area is 191 Å². The highest BCUT2D eigenvalue weighted by molar-refractivity contribution is 5.68. The molecule has 1 aliphatic carbocycles. The van der Waals surface area contributed by atoms with Gasteiger partial charge in [-0.3, -0.25) is 0 Å². The van der Waals surface area contributed by atoms with Crippen LogP contribution in [0.1, 0.15) is 102 Å². The summed E-state index contributed by atoms with van der Waals surface area (Å²) in [6, 6.07) is 8.37. The van der Waals surface area contributed by atoms with Gasteiger partial charge >= 0.3 is 6.09 Å². The predicted octanol–water partition coefficient (Wildman–Crippen LogP) is 5.63. The average molecular weight is 443 g/mol. The fourth-order valence-corrected chi connectivity index (χ4v) is 4.24. The van der Waals surface area contributed by atoms with Gasteiger partial charge in [-0.1, -0.05) is 26.0 Å². The van der Waals surface area contributed by atoms with Crippen LogP contribution in [-0.2, 0) is 11.8 Å². The van der Waals surface area contributed by atoms with Crippen molar-refractivity contribution in [3.63, 3.8) is 0 Å². The van der Waals surface area contributed by atoms with Gasteiger partial charge < -0.3 is 19.4 Å². The van der Waals surface area contributed by atoms with Crippen molar-refractivity contribution in [3.8, 4) is 5.75 Å². The van der Waals surface area contributed by atoms with E-state index in [1.807, 2.05) is 46.9 Å². The summed E-state index contributed by atoms with van der Waals surface area (Å²) in [5.74, 6) is 3.44. The van der Waals surface area contributed by atoms with Crippen molar-refractivity contribution in [3.05, 3.63) is 41.5 Å². The number of aromatic nitrogens is 3. The third kappa shape index (κ3) is 6.24. The summed E-state index contributed by atoms with van der Waals surface area (Å²) >= 11 is 0. The molecule has 1 amide bonds. The normalized spacial score (nSPS) is 20.1. The Morgan fingerprint density at radius 2 is 1.81 bits per heavy atom. The number of carbonyl (C=O) groups excluding carboxylic acids is 1. The Balaban J connectivity index is 1.58. The molecule has 7 nitrogen and oxygen atoms in total. The highest BCUT2D eigenvalue weighted by Crippen LogP contribution is 2.33. The van der Waals surface area contributed by atoms with E-state index in [1.54, 1.807) is 0 Å². The quantitative estimate of drug-likeness (QED) is 0.627. The molecular weight excluding hydrogens is 404 g/mol. The van der Waals surface area contributed by atoms with Gasteiger partial charge in [-0.05, 0) is 77.0 Å². The van der Waals surface area contributed by atoms with Crippen LogP contribution in [0.2, 0.25) is 0 Å². The van der Waals surface area contributed by atoms with Gasteiger partial charge in [0.2, 0.25) is 0 Å². The van der Waals surface area contributed by atoms with Crippen molar-refractivity contribution >= 4 is 6.09 Å². The molecule has 1 saturated carbocycles. The third-order valence-corrected chi connectivity index (χ3v) is 5.96. The fraction of sp³-hybridized carbons (Fsp3) is 0.640. The number of hydrogen-bond acceptors (Lipinski definition) is 5. The summed E-state index contributed by atoms with van der Waals surface area (Å²) in [4.78, 5) is 12.0. The van der Waals surface area contributed by atoms with Crippen LogP contribution in [0.3, 0.4) is 0 Å². The molecule has 1 N–H and O–H groups in total. The monoisotopic (exact) mass is 442 g/mol. The number of benzene rings is 1. The van der Waals surface area contributed by atoms with E-state index < -0.39 is 5.60 Å². The maximum Gasteiger partial charge on any atom is 0.407 e. The molecule has 1 fully saturated rings. The zero-order valence-electron chi connectivity index (χ0n) is 20.5. The van der Waals surface area contributed by atoms with Crippen LogP contribution in [0, 0.1) is 0 Å². The maximum absolute atomic E-state index is 12.0. The van der Waals surface area contributed by atoms with Gasteiger partial charge in [0.1, 0.15) is 17.2 Å². The minimum absolute atomic E-state index is 0.143. The lowest BCUT2D eigenvalue weighted by molar-refractivity contribution is 0.0491. The first kappa shape index (κ1) is 24.1. The Hall–Kier alpha value is -2.57. The van der Waals surface area contributed by atoms with E-state index in [0.29, 0.717) is 11.8 Å². The van der Waals surface area contributed by atoms with E-state index in [9.17, 15) is 4.79 Å². The van der Waals surface area contributed by atoms with Gasteiger partial charge in [0, 0.05) is 19.0 Å². The third-order valence-electron chi connectivity index (χ3n) is 5.96. The molecule has 0 aliphatic heterocycles. The molecule has 1 aromatic carbocycles. The van der Waals surface area contributed by atoms with E-state index in [0.717, 1.165) is 43.1 Å². The average Bonchev–Trinajstić information content (AvgIpc) is 3.09. The molecule has 1 aliphatic rings. The van der Waals surface area contributed by atoms with E-state index in [4.69, 9.17) is 9.47 Å². The van der Waals surface area contributed by atoms with Crippen molar-refractivity contribution in [2.75, 3.05) is 0 Å². The number of carbonyl (C=O) groups is 1. The second kappa shape index (κ2) is 9.92. The number of nitrogens with zero attached hydrogens (tertiary/aromatic N) is 3. The van der Waals surface area contributed by atoms with Crippen LogP contribution in [0.5, 0.6) is 5.75 Å². The second-order valence-electron chi connectivity index (χ2n) is 10.2. The van der Waals surface area contributed by atoms with Gasteiger partial charge in [0.05, 0.1) is 0 Å². The zero-order chi connectivity index (χ0) is 23.5. The van der Waals surface area contributed by atoms with E-state index in [2.05, 4.69) is 46.1 Å². The van der Waals surface area contributed by atoms with Gasteiger partial charge in [0.25, 0.3) is 0 Å². The molecule has 7 heteroatoms. The van der Waals surface area contributed by atoms with Crippen LogP contribution < -0.4 is 10.1 Å².